The van der Waals surface area contributed by atoms with Gasteiger partial charge in [0.05, 0.1) is 13.2 Å². The molecule has 15 heteroatoms. The zero-order valence-electron chi connectivity index (χ0n) is 18.8. The number of amides is 2. The van der Waals surface area contributed by atoms with Crippen molar-refractivity contribution in [3.63, 3.8) is 0 Å². The molecule has 0 aromatic heterocycles. The maximum atomic E-state index is 11.7. The van der Waals surface area contributed by atoms with Crippen molar-refractivity contribution in [1.29, 1.82) is 0 Å². The molecule has 0 aromatic carbocycles. The molecule has 15 nitrogen and oxygen atoms in total. The number of rotatable bonds is 9. The van der Waals surface area contributed by atoms with Gasteiger partial charge in [-0.05, 0) is 6.92 Å². The second-order valence-electron chi connectivity index (χ2n) is 8.09. The van der Waals surface area contributed by atoms with Crippen LogP contribution < -0.4 is 10.6 Å². The van der Waals surface area contributed by atoms with Gasteiger partial charge in [-0.3, -0.25) is 9.59 Å². The molecule has 2 rings (SSSR count). The third kappa shape index (κ3) is 6.59. The van der Waals surface area contributed by atoms with E-state index in [1.54, 1.807) is 0 Å². The van der Waals surface area contributed by atoms with Crippen LogP contribution >= 0.6 is 0 Å². The first-order valence-corrected chi connectivity index (χ1v) is 10.6. The van der Waals surface area contributed by atoms with Gasteiger partial charge in [0.15, 0.2) is 18.7 Å². The molecular weight excluding hydrogens is 464 g/mol. The highest BCUT2D eigenvalue weighted by atomic mass is 16.7. The molecule has 34 heavy (non-hydrogen) atoms. The summed E-state index contributed by atoms with van der Waals surface area (Å²) >= 11 is 0. The molecule has 2 heterocycles. The summed E-state index contributed by atoms with van der Waals surface area (Å²) in [7, 11) is 0. The average molecular weight is 496 g/mol. The van der Waals surface area contributed by atoms with Crippen molar-refractivity contribution < 1.29 is 64.0 Å². The van der Waals surface area contributed by atoms with Gasteiger partial charge in [-0.15, -0.1) is 0 Å². The molecule has 8 N–H and O–H groups in total. The topological polar surface area (TPSA) is 234 Å². The minimum atomic E-state index is -1.72. The quantitative estimate of drug-likeness (QED) is 0.150. The van der Waals surface area contributed by atoms with Crippen LogP contribution in [0.5, 0.6) is 0 Å². The van der Waals surface area contributed by atoms with Gasteiger partial charge < -0.3 is 60.2 Å². The minimum absolute atomic E-state index is 0.616. The second kappa shape index (κ2) is 12.1. The van der Waals surface area contributed by atoms with Crippen LogP contribution in [-0.4, -0.2) is 129 Å². The monoisotopic (exact) mass is 496 g/mol. The molecule has 0 bridgehead atoms. The Morgan fingerprint density at radius 2 is 1.44 bits per heavy atom. The summed E-state index contributed by atoms with van der Waals surface area (Å²) in [6.07, 6.45) is -13.5. The third-order valence-electron chi connectivity index (χ3n) is 5.47. The molecule has 0 aromatic rings. The normalized spacial score (nSPS) is 39.2. The Hall–Kier alpha value is -1.95. The van der Waals surface area contributed by atoms with Crippen LogP contribution in [0.15, 0.2) is 0 Å². The van der Waals surface area contributed by atoms with Crippen molar-refractivity contribution in [2.75, 3.05) is 13.2 Å². The number of hydrogen-bond acceptors (Lipinski definition) is 12. The van der Waals surface area contributed by atoms with Crippen LogP contribution in [0.1, 0.15) is 20.8 Å². The van der Waals surface area contributed by atoms with Crippen LogP contribution in [0.3, 0.4) is 0 Å². The summed E-state index contributed by atoms with van der Waals surface area (Å²) in [6.45, 7) is 2.00. The lowest BCUT2D eigenvalue weighted by molar-refractivity contribution is -0.333. The van der Waals surface area contributed by atoms with E-state index in [4.69, 9.17) is 18.9 Å². The first-order chi connectivity index (χ1) is 15.9. The van der Waals surface area contributed by atoms with Crippen molar-refractivity contribution in [1.82, 2.24) is 10.6 Å². The minimum Gasteiger partial charge on any atom is -0.479 e. The lowest BCUT2D eigenvalue weighted by atomic mass is 9.94. The van der Waals surface area contributed by atoms with Gasteiger partial charge in [0.25, 0.3) is 0 Å². The van der Waals surface area contributed by atoms with E-state index in [0.717, 1.165) is 13.8 Å². The van der Waals surface area contributed by atoms with Gasteiger partial charge in [-0.25, -0.2) is 4.79 Å². The van der Waals surface area contributed by atoms with Crippen molar-refractivity contribution in [2.45, 2.75) is 88.2 Å². The molecule has 0 radical (unpaired) electrons. The number of hydrogen-bond donors (Lipinski definition) is 8. The first-order valence-electron chi connectivity index (χ1n) is 10.6. The largest absolute Gasteiger partial charge is 0.479 e. The number of carboxylic acids is 1. The first kappa shape index (κ1) is 28.3. The number of aliphatic carboxylic acids is 1. The summed E-state index contributed by atoms with van der Waals surface area (Å²) < 4.78 is 22.3. The lowest BCUT2D eigenvalue weighted by Crippen LogP contribution is -2.69. The van der Waals surface area contributed by atoms with Crippen molar-refractivity contribution in [2.24, 2.45) is 0 Å². The summed E-state index contributed by atoms with van der Waals surface area (Å²) in [5.41, 5.74) is 0. The zero-order chi connectivity index (χ0) is 25.7. The fourth-order valence-corrected chi connectivity index (χ4v) is 3.82. The third-order valence-corrected chi connectivity index (χ3v) is 5.47. The summed E-state index contributed by atoms with van der Waals surface area (Å²) in [5, 5.41) is 64.4. The standard InChI is InChI=1S/C19H32N2O13/c1-6(17(28)29)31-16-12(21-8(3)25)18(30)32-10(5-23)15(16)34-19-11(20-7(2)24)14(27)13(26)9(4-22)33-19/h6,9-16,18-19,22-23,26-27,30H,4-5H2,1-3H3,(H,20,24)(H,21,25)(H,28,29)/t6-,9+,10-,11+,12-,13+,14-,15+,16+,18+,19-/m0/s1. The molecule has 2 aliphatic heterocycles. The Kier molecular flexibility index (Phi) is 10.1. The predicted molar refractivity (Wildman–Crippen MR) is 108 cm³/mol. The molecule has 0 saturated carbocycles. The number of nitrogens with one attached hydrogen (secondary N) is 2. The SMILES string of the molecule is CC(=O)N[C@H]1[C@H](O[C@H]2[C@H](O[C@@H](C)C(=O)O)[C@H](NC(C)=O)[C@H](O)O[C@H]2CO)O[C@H](CO)[C@@H](O)[C@H]1O. The second-order valence-corrected chi connectivity index (χ2v) is 8.09. The maximum absolute atomic E-state index is 11.7. The number of aliphatic hydroxyl groups is 5. The lowest BCUT2D eigenvalue weighted by Gasteiger charge is -2.48. The Morgan fingerprint density at radius 3 is 1.94 bits per heavy atom. The highest BCUT2D eigenvalue weighted by Crippen LogP contribution is 2.30. The van der Waals surface area contributed by atoms with Crippen molar-refractivity contribution >= 4 is 17.8 Å². The fourth-order valence-electron chi connectivity index (χ4n) is 3.82. The fraction of sp³-hybridized carbons (Fsp3) is 0.842. The van der Waals surface area contributed by atoms with E-state index in [1.165, 1.54) is 6.92 Å². The molecule has 2 aliphatic rings. The summed E-state index contributed by atoms with van der Waals surface area (Å²) in [5.74, 6) is -2.60. The van der Waals surface area contributed by atoms with Crippen LogP contribution in [0.2, 0.25) is 0 Å². The number of ether oxygens (including phenoxy) is 4. The number of aliphatic hydroxyl groups excluding tert-OH is 5. The van der Waals surface area contributed by atoms with Gasteiger partial charge in [0.2, 0.25) is 11.8 Å². The predicted octanol–water partition coefficient (Wildman–Crippen LogP) is -4.61. The van der Waals surface area contributed by atoms with E-state index in [-0.39, 0.29) is 0 Å². The molecular formula is C19H32N2O13. The van der Waals surface area contributed by atoms with E-state index < -0.39 is 98.4 Å². The summed E-state index contributed by atoms with van der Waals surface area (Å²) in [6, 6.07) is -2.71. The molecule has 11 atom stereocenters. The van der Waals surface area contributed by atoms with Crippen LogP contribution in [0.4, 0.5) is 0 Å². The van der Waals surface area contributed by atoms with Gasteiger partial charge >= 0.3 is 5.97 Å². The van der Waals surface area contributed by atoms with E-state index in [2.05, 4.69) is 10.6 Å². The molecule has 0 aliphatic carbocycles. The van der Waals surface area contributed by atoms with Gasteiger partial charge in [-0.2, -0.15) is 0 Å². The number of carbonyl (C=O) groups is 3. The number of carbonyl (C=O) groups excluding carboxylic acids is 2. The van der Waals surface area contributed by atoms with Gasteiger partial charge in [-0.1, -0.05) is 0 Å². The van der Waals surface area contributed by atoms with Crippen LogP contribution in [0, 0.1) is 0 Å². The Balaban J connectivity index is 2.44. The van der Waals surface area contributed by atoms with Crippen LogP contribution in [0.25, 0.3) is 0 Å². The van der Waals surface area contributed by atoms with E-state index in [1.807, 2.05) is 0 Å². The highest BCUT2D eigenvalue weighted by Gasteiger charge is 2.52. The molecule has 2 amide bonds. The Bertz CT molecular complexity index is 724. The number of carboxylic acid groups (broad SMARTS) is 1. The van der Waals surface area contributed by atoms with Crippen molar-refractivity contribution in [3.8, 4) is 0 Å². The molecule has 2 fully saturated rings. The Labute approximate surface area is 194 Å². The molecule has 196 valence electrons. The Morgan fingerprint density at radius 1 is 0.882 bits per heavy atom. The van der Waals surface area contributed by atoms with Crippen molar-refractivity contribution in [3.05, 3.63) is 0 Å². The van der Waals surface area contributed by atoms with E-state index in [9.17, 15) is 45.0 Å². The molecule has 0 spiro atoms. The van der Waals surface area contributed by atoms with Crippen LogP contribution in [-0.2, 0) is 33.3 Å². The average Bonchev–Trinajstić information content (AvgIpc) is 2.76. The highest BCUT2D eigenvalue weighted by molar-refractivity contribution is 5.74. The zero-order valence-corrected chi connectivity index (χ0v) is 18.8. The molecule has 0 unspecified atom stereocenters. The summed E-state index contributed by atoms with van der Waals surface area (Å²) in [4.78, 5) is 34.8. The van der Waals surface area contributed by atoms with E-state index >= 15 is 0 Å². The molecule has 2 saturated heterocycles. The van der Waals surface area contributed by atoms with E-state index in [0.29, 0.717) is 0 Å². The smallest absolute Gasteiger partial charge is 0.332 e. The van der Waals surface area contributed by atoms with Gasteiger partial charge in [0.1, 0.15) is 48.7 Å². The maximum Gasteiger partial charge on any atom is 0.332 e. The van der Waals surface area contributed by atoms with Gasteiger partial charge in [0, 0.05) is 13.8 Å².